The van der Waals surface area contributed by atoms with E-state index in [0.717, 1.165) is 75.2 Å². The summed E-state index contributed by atoms with van der Waals surface area (Å²) in [4.78, 5) is 9.37. The average Bonchev–Trinajstić information content (AvgIpc) is 3.39. The van der Waals surface area contributed by atoms with Crippen LogP contribution in [-0.4, -0.2) is 93.4 Å². The van der Waals surface area contributed by atoms with Gasteiger partial charge in [-0.2, -0.15) is 18.4 Å². The van der Waals surface area contributed by atoms with Gasteiger partial charge in [0.15, 0.2) is 0 Å². The highest BCUT2D eigenvalue weighted by Gasteiger charge is 2.31. The Kier molecular flexibility index (Phi) is 11.3. The fraction of sp³-hybridized carbons (Fsp3) is 0.543. The molecule has 0 aliphatic carbocycles. The van der Waals surface area contributed by atoms with Gasteiger partial charge in [-0.3, -0.25) is 9.88 Å². The number of pyridine rings is 1. The van der Waals surface area contributed by atoms with Crippen LogP contribution in [0.5, 0.6) is 0 Å². The van der Waals surface area contributed by atoms with Crippen molar-refractivity contribution in [3.8, 4) is 17.9 Å². The molecule has 0 amide bonds. The summed E-state index contributed by atoms with van der Waals surface area (Å²) in [5.41, 5.74) is 2.30. The number of benzene rings is 1. The Bertz CT molecular complexity index is 1590. The number of piperidine rings is 2. The molecular formula is C35H44F3N7OS. The molecule has 8 nitrogen and oxygen atoms in total. The van der Waals surface area contributed by atoms with E-state index >= 15 is 0 Å². The van der Waals surface area contributed by atoms with Crippen molar-refractivity contribution in [1.82, 2.24) is 19.4 Å². The van der Waals surface area contributed by atoms with Crippen molar-refractivity contribution < 1.29 is 17.7 Å². The summed E-state index contributed by atoms with van der Waals surface area (Å²) in [5, 5.41) is 16.8. The fourth-order valence-electron chi connectivity index (χ4n) is 6.46. The van der Waals surface area contributed by atoms with Crippen LogP contribution in [0.1, 0.15) is 50.9 Å². The fourth-order valence-corrected chi connectivity index (χ4v) is 6.98. The lowest BCUT2D eigenvalue weighted by atomic mass is 9.91. The molecule has 5 rings (SSSR count). The molecule has 1 atom stereocenters. The first-order chi connectivity index (χ1) is 22.4. The number of alkyl halides is 3. The first-order valence-electron chi connectivity index (χ1n) is 16.2. The lowest BCUT2D eigenvalue weighted by Crippen LogP contribution is -2.49. The maximum absolute atomic E-state index is 13.7. The molecule has 2 aliphatic rings. The number of nitrogens with zero attached hydrogens (tertiary/aromatic N) is 5. The van der Waals surface area contributed by atoms with Crippen molar-refractivity contribution in [3.63, 3.8) is 0 Å². The normalized spacial score (nSPS) is 18.0. The van der Waals surface area contributed by atoms with Crippen molar-refractivity contribution in [1.29, 1.82) is 5.26 Å². The third-order valence-corrected chi connectivity index (χ3v) is 9.98. The Morgan fingerprint density at radius 3 is 2.45 bits per heavy atom. The Balaban J connectivity index is 1.22. The number of nitrogens with one attached hydrogen (secondary N) is 2. The molecular weight excluding hydrogens is 623 g/mol. The van der Waals surface area contributed by atoms with Gasteiger partial charge in [-0.1, -0.05) is 23.2 Å². The maximum Gasteiger partial charge on any atom is 0.406 e. The molecule has 2 saturated heterocycles. The number of rotatable bonds is 10. The van der Waals surface area contributed by atoms with Gasteiger partial charge in [0.25, 0.3) is 0 Å². The minimum Gasteiger partial charge on any atom is -0.617 e. The third kappa shape index (κ3) is 9.35. The van der Waals surface area contributed by atoms with Crippen molar-refractivity contribution >= 4 is 33.5 Å². The molecule has 1 unspecified atom stereocenters. The van der Waals surface area contributed by atoms with Crippen LogP contribution in [0.25, 0.3) is 10.9 Å². The highest BCUT2D eigenvalue weighted by Crippen LogP contribution is 2.32. The molecule has 0 spiro atoms. The highest BCUT2D eigenvalue weighted by atomic mass is 32.2. The molecule has 2 N–H and O–H groups in total. The third-order valence-electron chi connectivity index (χ3n) is 9.22. The number of likely N-dealkylation sites (tertiary alicyclic amines) is 2. The molecule has 2 fully saturated rings. The molecule has 0 saturated carbocycles. The number of hydrogen-bond donors (Lipinski definition) is 2. The van der Waals surface area contributed by atoms with Gasteiger partial charge in [0.1, 0.15) is 12.3 Å². The van der Waals surface area contributed by atoms with Gasteiger partial charge in [0.05, 0.1) is 53.1 Å². The van der Waals surface area contributed by atoms with E-state index in [9.17, 15) is 23.0 Å². The molecule has 3 aromatic rings. The van der Waals surface area contributed by atoms with Crippen LogP contribution in [0.3, 0.4) is 0 Å². The van der Waals surface area contributed by atoms with Crippen LogP contribution in [0.2, 0.25) is 0 Å². The Hall–Kier alpha value is -3.42. The predicted octanol–water partition coefficient (Wildman–Crippen LogP) is 5.58. The van der Waals surface area contributed by atoms with Crippen molar-refractivity contribution in [2.75, 3.05) is 61.9 Å². The summed E-state index contributed by atoms with van der Waals surface area (Å²) in [6.45, 7) is 7.67. The lowest BCUT2D eigenvalue weighted by molar-refractivity contribution is -0.140. The molecule has 2 aromatic heterocycles. The topological polar surface area (TPSA) is 95.2 Å². The van der Waals surface area contributed by atoms with Gasteiger partial charge in [0, 0.05) is 42.8 Å². The highest BCUT2D eigenvalue weighted by molar-refractivity contribution is 7.90. The molecule has 12 heteroatoms. The monoisotopic (exact) mass is 667 g/mol. The minimum absolute atomic E-state index is 0.221. The Labute approximate surface area is 278 Å². The van der Waals surface area contributed by atoms with E-state index < -0.39 is 29.3 Å². The zero-order valence-corrected chi connectivity index (χ0v) is 28.2. The first kappa shape index (κ1) is 34.9. The van der Waals surface area contributed by atoms with Crippen LogP contribution in [0.15, 0.2) is 42.6 Å². The second kappa shape index (κ2) is 15.2. The number of fused-ring (bicyclic) bond motifs is 1. The number of anilines is 2. The van der Waals surface area contributed by atoms with Crippen LogP contribution in [-0.2, 0) is 23.1 Å². The first-order valence-corrected chi connectivity index (χ1v) is 18.0. The second-order valence-electron chi connectivity index (χ2n) is 13.1. The van der Waals surface area contributed by atoms with Crippen LogP contribution in [0, 0.1) is 23.2 Å². The van der Waals surface area contributed by atoms with Gasteiger partial charge in [0.2, 0.25) is 0 Å². The van der Waals surface area contributed by atoms with Gasteiger partial charge in [-0.25, -0.2) is 0 Å². The van der Waals surface area contributed by atoms with Crippen molar-refractivity contribution in [3.05, 3.63) is 54.0 Å². The molecule has 252 valence electrons. The zero-order valence-electron chi connectivity index (χ0n) is 27.4. The van der Waals surface area contributed by atoms with Crippen LogP contribution >= 0.6 is 0 Å². The molecule has 1 aromatic carbocycles. The summed E-state index contributed by atoms with van der Waals surface area (Å²) in [7, 11) is 0. The van der Waals surface area contributed by atoms with Crippen LogP contribution < -0.4 is 10.6 Å². The van der Waals surface area contributed by atoms with E-state index in [1.807, 2.05) is 12.1 Å². The molecule has 4 heterocycles. The largest absolute Gasteiger partial charge is 0.617 e. The summed E-state index contributed by atoms with van der Waals surface area (Å²) in [6, 6.07) is 13.8. The molecule has 47 heavy (non-hydrogen) atoms. The van der Waals surface area contributed by atoms with Gasteiger partial charge >= 0.3 is 6.18 Å². The van der Waals surface area contributed by atoms with E-state index in [4.69, 9.17) is 0 Å². The van der Waals surface area contributed by atoms with E-state index in [2.05, 4.69) is 43.3 Å². The summed E-state index contributed by atoms with van der Waals surface area (Å²) >= 11 is -0.756. The summed E-state index contributed by atoms with van der Waals surface area (Å²) in [5.74, 6) is 6.67. The predicted molar refractivity (Wildman–Crippen MR) is 183 cm³/mol. The Morgan fingerprint density at radius 2 is 1.81 bits per heavy atom. The Morgan fingerprint density at radius 1 is 1.06 bits per heavy atom. The second-order valence-corrected chi connectivity index (χ2v) is 14.7. The van der Waals surface area contributed by atoms with E-state index in [0.29, 0.717) is 28.6 Å². The SMILES string of the molecule is C[S+]([O-])CCN1CCC(N2CCC(Nc3cccc4c3cc(C#CCNc3ccc(C(C)(C)C#N)nc3)n4CC(F)(F)F)CC2)CC1. The van der Waals surface area contributed by atoms with E-state index in [1.54, 1.807) is 50.6 Å². The van der Waals surface area contributed by atoms with Crippen LogP contribution in [0.4, 0.5) is 24.5 Å². The number of aromatic nitrogens is 2. The standard InChI is InChI=1S/C35H44F3N7OS/c1-34(2,24-39)33-10-9-27(23-41-33)40-15-5-6-29-22-30-31(7-4-8-32(30)45(29)25-35(36,37)38)42-26-11-18-44(19-12-26)28-13-16-43(17-14-28)20-21-47(3)46/h4,7-10,22-23,26,28,40,42H,11-21,25H2,1-3H3. The lowest BCUT2D eigenvalue weighted by Gasteiger charge is -2.42. The van der Waals surface area contributed by atoms with E-state index in [1.165, 1.54) is 4.57 Å². The molecule has 2 aliphatic heterocycles. The van der Waals surface area contributed by atoms with Gasteiger partial charge in [-0.15, -0.1) is 0 Å². The summed E-state index contributed by atoms with van der Waals surface area (Å²) < 4.78 is 53.8. The maximum atomic E-state index is 13.7. The number of nitriles is 1. The minimum atomic E-state index is -4.40. The number of halogens is 3. The molecule has 0 radical (unpaired) electrons. The summed E-state index contributed by atoms with van der Waals surface area (Å²) in [6.07, 6.45) is 3.19. The van der Waals surface area contributed by atoms with Gasteiger partial charge < -0.3 is 24.7 Å². The smallest absolute Gasteiger partial charge is 0.406 e. The van der Waals surface area contributed by atoms with E-state index in [-0.39, 0.29) is 12.6 Å². The quantitative estimate of drug-likeness (QED) is 0.215. The number of hydrogen-bond acceptors (Lipinski definition) is 7. The average molecular weight is 668 g/mol. The van der Waals surface area contributed by atoms with Gasteiger partial charge in [-0.05, 0) is 88.9 Å². The van der Waals surface area contributed by atoms with Crippen molar-refractivity contribution in [2.24, 2.45) is 0 Å². The van der Waals surface area contributed by atoms with Crippen molar-refractivity contribution in [2.45, 2.75) is 69.8 Å². The molecule has 0 bridgehead atoms. The zero-order chi connectivity index (χ0) is 33.6.